The number of esters is 1. The van der Waals surface area contributed by atoms with Crippen LogP contribution in [0.15, 0.2) is 54.6 Å². The van der Waals surface area contributed by atoms with Gasteiger partial charge in [-0.3, -0.25) is 10.1 Å². The first kappa shape index (κ1) is 24.8. The molecule has 0 aliphatic carbocycles. The number of ether oxygens (including phenoxy) is 3. The summed E-state index contributed by atoms with van der Waals surface area (Å²) in [4.78, 5) is 55.6. The van der Waals surface area contributed by atoms with Crippen molar-refractivity contribution in [1.82, 2.24) is 5.32 Å². The van der Waals surface area contributed by atoms with Crippen molar-refractivity contribution < 1.29 is 33.4 Å². The summed E-state index contributed by atoms with van der Waals surface area (Å²) < 4.78 is 15.6. The van der Waals surface area contributed by atoms with Crippen LogP contribution in [-0.4, -0.2) is 49.5 Å². The van der Waals surface area contributed by atoms with Gasteiger partial charge in [-0.05, 0) is 44.5 Å². The highest BCUT2D eigenvalue weighted by Crippen LogP contribution is 2.49. The molecule has 0 fully saturated rings. The fourth-order valence-electron chi connectivity index (χ4n) is 4.39. The molecule has 0 spiro atoms. The summed E-state index contributed by atoms with van der Waals surface area (Å²) in [6.07, 6.45) is -0.624. The Hall–Kier alpha value is -4.34. The number of nitrogens with one attached hydrogen (secondary N) is 1. The lowest BCUT2D eigenvalue weighted by atomic mass is 9.92. The molecule has 0 unspecified atom stereocenters. The van der Waals surface area contributed by atoms with Gasteiger partial charge in [-0.15, -0.1) is 0 Å². The number of benzene rings is 2. The summed E-state index contributed by atoms with van der Waals surface area (Å²) >= 11 is 0. The van der Waals surface area contributed by atoms with Gasteiger partial charge < -0.3 is 19.1 Å². The van der Waals surface area contributed by atoms with Crippen LogP contribution in [-0.2, 0) is 30.3 Å². The minimum absolute atomic E-state index is 0.0122. The molecule has 0 bridgehead atoms. The summed E-state index contributed by atoms with van der Waals surface area (Å²) in [6.45, 7) is 5.08. The summed E-state index contributed by atoms with van der Waals surface area (Å²) in [7, 11) is 0. The van der Waals surface area contributed by atoms with Crippen molar-refractivity contribution >= 4 is 41.0 Å². The van der Waals surface area contributed by atoms with Crippen molar-refractivity contribution in [1.29, 1.82) is 0 Å². The van der Waals surface area contributed by atoms with E-state index in [2.05, 4.69) is 5.32 Å². The number of hydrogen-bond donors (Lipinski definition) is 1. The second-order valence-corrected chi connectivity index (χ2v) is 7.97. The van der Waals surface area contributed by atoms with Gasteiger partial charge in [0.25, 0.3) is 5.91 Å². The third-order valence-electron chi connectivity index (χ3n) is 5.79. The molecular formula is C26H27N3O7. The molecule has 36 heavy (non-hydrogen) atoms. The molecule has 0 saturated carbocycles. The lowest BCUT2D eigenvalue weighted by molar-refractivity contribution is -0.148. The fourth-order valence-corrected chi connectivity index (χ4v) is 4.39. The molecule has 2 aliphatic rings. The van der Waals surface area contributed by atoms with Crippen LogP contribution in [0.1, 0.15) is 31.9 Å². The first-order valence-electron chi connectivity index (χ1n) is 11.7. The largest absolute Gasteiger partial charge is 0.463 e. The van der Waals surface area contributed by atoms with Crippen molar-refractivity contribution in [2.45, 2.75) is 33.0 Å². The Labute approximate surface area is 208 Å². The Morgan fingerprint density at radius 2 is 1.53 bits per heavy atom. The van der Waals surface area contributed by atoms with Gasteiger partial charge >= 0.3 is 18.2 Å². The third-order valence-corrected chi connectivity index (χ3v) is 5.79. The van der Waals surface area contributed by atoms with E-state index in [4.69, 9.17) is 14.2 Å². The Bertz CT molecular complexity index is 1230. The van der Waals surface area contributed by atoms with E-state index in [9.17, 15) is 19.2 Å². The molecule has 188 valence electrons. The molecule has 1 atom stereocenters. The number of alkyl carbamates (subject to hydrolysis) is 1. The first-order valence-corrected chi connectivity index (χ1v) is 11.7. The maximum Gasteiger partial charge on any atom is 0.417 e. The molecule has 2 heterocycles. The van der Waals surface area contributed by atoms with Crippen molar-refractivity contribution in [2.24, 2.45) is 0 Å². The van der Waals surface area contributed by atoms with Gasteiger partial charge in [0, 0.05) is 5.56 Å². The molecule has 0 aromatic heterocycles. The van der Waals surface area contributed by atoms with Crippen LogP contribution in [0.4, 0.5) is 21.0 Å². The summed E-state index contributed by atoms with van der Waals surface area (Å²) in [5.41, 5.74) is 0.0754. The minimum Gasteiger partial charge on any atom is -0.463 e. The van der Waals surface area contributed by atoms with Gasteiger partial charge in [0.2, 0.25) is 5.66 Å². The molecule has 0 radical (unpaired) electrons. The summed E-state index contributed by atoms with van der Waals surface area (Å²) in [5.74, 6) is -1.35. The van der Waals surface area contributed by atoms with Crippen LogP contribution < -0.4 is 15.1 Å². The Morgan fingerprint density at radius 1 is 0.861 bits per heavy atom. The quantitative estimate of drug-likeness (QED) is 0.463. The molecule has 2 aromatic carbocycles. The van der Waals surface area contributed by atoms with E-state index in [-0.39, 0.29) is 43.5 Å². The van der Waals surface area contributed by atoms with E-state index in [1.807, 2.05) is 30.3 Å². The molecule has 1 N–H and O–H groups in total. The third kappa shape index (κ3) is 4.15. The topological polar surface area (TPSA) is 114 Å². The van der Waals surface area contributed by atoms with E-state index in [1.54, 1.807) is 43.9 Å². The lowest BCUT2D eigenvalue weighted by Gasteiger charge is -2.41. The van der Waals surface area contributed by atoms with E-state index in [1.165, 1.54) is 6.08 Å². The number of carbonyl (C=O) groups is 4. The zero-order valence-corrected chi connectivity index (χ0v) is 20.3. The Morgan fingerprint density at radius 3 is 2.19 bits per heavy atom. The maximum atomic E-state index is 13.7. The van der Waals surface area contributed by atoms with E-state index >= 15 is 0 Å². The second kappa shape index (κ2) is 10.1. The normalized spacial score (nSPS) is 17.8. The SMILES string of the molecule is CCOC(=O)N[C@@]1(C(=O)OCC)C=C2C(=O)N(Cc3ccccc3)c3cccc(c32)N1C(=O)OCC. The zero-order valence-electron chi connectivity index (χ0n) is 20.3. The van der Waals surface area contributed by atoms with Crippen LogP contribution >= 0.6 is 0 Å². The molecule has 2 aromatic rings. The molecule has 4 rings (SSSR count). The highest BCUT2D eigenvalue weighted by Gasteiger charge is 2.56. The number of hydrogen-bond acceptors (Lipinski definition) is 7. The van der Waals surface area contributed by atoms with Crippen LogP contribution in [0.2, 0.25) is 0 Å². The molecule has 0 saturated heterocycles. The van der Waals surface area contributed by atoms with Gasteiger partial charge in [0.15, 0.2) is 0 Å². The summed E-state index contributed by atoms with van der Waals surface area (Å²) in [6, 6.07) is 14.4. The zero-order chi connectivity index (χ0) is 25.9. The van der Waals surface area contributed by atoms with Crippen LogP contribution in [0.25, 0.3) is 5.57 Å². The predicted molar refractivity (Wildman–Crippen MR) is 131 cm³/mol. The van der Waals surface area contributed by atoms with Gasteiger partial charge in [-0.2, -0.15) is 0 Å². The highest BCUT2D eigenvalue weighted by molar-refractivity contribution is 6.36. The van der Waals surface area contributed by atoms with Crippen LogP contribution in [0.5, 0.6) is 0 Å². The van der Waals surface area contributed by atoms with Gasteiger partial charge in [-0.25, -0.2) is 19.3 Å². The molecule has 10 heteroatoms. The molecule has 10 nitrogen and oxygen atoms in total. The average Bonchev–Trinajstić information content (AvgIpc) is 3.12. The standard InChI is InChI=1S/C26H27N3O7/c1-4-34-23(31)26(27-24(32)35-5-2)15-18-21-19(13-10-14-20(21)29(26)25(33)36-6-3)28(22(18)30)16-17-11-8-7-9-12-17/h7-15H,4-6,16H2,1-3H3,(H,27,32)/t26-/m0/s1. The van der Waals surface area contributed by atoms with Gasteiger partial charge in [0.05, 0.1) is 43.3 Å². The van der Waals surface area contributed by atoms with Crippen LogP contribution in [0, 0.1) is 0 Å². The smallest absolute Gasteiger partial charge is 0.417 e. The summed E-state index contributed by atoms with van der Waals surface area (Å²) in [5, 5.41) is 2.46. The number of amides is 3. The number of anilines is 2. The van der Waals surface area contributed by atoms with Crippen molar-refractivity contribution in [3.63, 3.8) is 0 Å². The van der Waals surface area contributed by atoms with Crippen LogP contribution in [0.3, 0.4) is 0 Å². The predicted octanol–water partition coefficient (Wildman–Crippen LogP) is 3.60. The average molecular weight is 494 g/mol. The van der Waals surface area contributed by atoms with E-state index in [0.717, 1.165) is 10.5 Å². The van der Waals surface area contributed by atoms with Gasteiger partial charge in [0.1, 0.15) is 0 Å². The fraction of sp³-hybridized carbons (Fsp3) is 0.308. The minimum atomic E-state index is -2.21. The number of nitrogens with zero attached hydrogens (tertiary/aromatic N) is 2. The Balaban J connectivity index is 1.93. The number of rotatable bonds is 7. The van der Waals surface area contributed by atoms with Crippen molar-refractivity contribution in [2.75, 3.05) is 29.6 Å². The van der Waals surface area contributed by atoms with Gasteiger partial charge in [-0.1, -0.05) is 36.4 Å². The highest BCUT2D eigenvalue weighted by atomic mass is 16.6. The Kier molecular flexibility index (Phi) is 6.96. The number of carbonyl (C=O) groups excluding carboxylic acids is 4. The van der Waals surface area contributed by atoms with E-state index < -0.39 is 23.8 Å². The molecule has 2 aliphatic heterocycles. The van der Waals surface area contributed by atoms with Crippen molar-refractivity contribution in [3.05, 3.63) is 65.7 Å². The second-order valence-electron chi connectivity index (χ2n) is 7.97. The van der Waals surface area contributed by atoms with Crippen molar-refractivity contribution in [3.8, 4) is 0 Å². The molecule has 3 amide bonds. The van der Waals surface area contributed by atoms with E-state index in [0.29, 0.717) is 11.3 Å². The maximum absolute atomic E-state index is 13.7. The monoisotopic (exact) mass is 493 g/mol. The lowest BCUT2D eigenvalue weighted by Crippen LogP contribution is -2.68. The molecular weight excluding hydrogens is 466 g/mol. The first-order chi connectivity index (χ1) is 17.4.